The first kappa shape index (κ1) is 29.4. The van der Waals surface area contributed by atoms with E-state index in [-0.39, 0.29) is 0 Å². The molecule has 0 fully saturated rings. The SMILES string of the molecule is c1ccc(-c2ccccc2-c2c3ccccc3c(-c3c(-c4ccccc4)cccc3-c3ccc4c(c3)-c3ccccc3C4)c3ccccc23)cc1. The van der Waals surface area contributed by atoms with Crippen LogP contribution < -0.4 is 0 Å². The fourth-order valence-corrected chi connectivity index (χ4v) is 8.47. The van der Waals surface area contributed by atoms with Crippen LogP contribution in [0.15, 0.2) is 194 Å². The van der Waals surface area contributed by atoms with Crippen LogP contribution in [0.1, 0.15) is 11.1 Å². The predicted octanol–water partition coefficient (Wildman–Crippen LogP) is 13.9. The van der Waals surface area contributed by atoms with Crippen molar-refractivity contribution in [3.05, 3.63) is 205 Å². The van der Waals surface area contributed by atoms with Gasteiger partial charge in [-0.3, -0.25) is 0 Å². The fraction of sp³-hybridized carbons (Fsp3) is 0.0196. The van der Waals surface area contributed by atoms with Crippen molar-refractivity contribution in [3.63, 3.8) is 0 Å². The van der Waals surface area contributed by atoms with Crippen LogP contribution >= 0.6 is 0 Å². The predicted molar refractivity (Wildman–Crippen MR) is 217 cm³/mol. The van der Waals surface area contributed by atoms with Crippen LogP contribution in [0.2, 0.25) is 0 Å². The molecule has 238 valence electrons. The third-order valence-electron chi connectivity index (χ3n) is 10.7. The molecular weight excluding hydrogens is 613 g/mol. The van der Waals surface area contributed by atoms with E-state index >= 15 is 0 Å². The molecule has 0 amide bonds. The Kier molecular flexibility index (Phi) is 6.99. The zero-order chi connectivity index (χ0) is 33.7. The molecule has 9 aromatic rings. The lowest BCUT2D eigenvalue weighted by Crippen LogP contribution is -1.96. The molecule has 0 saturated carbocycles. The molecule has 10 rings (SSSR count). The Balaban J connectivity index is 1.32. The van der Waals surface area contributed by atoms with E-state index in [1.807, 2.05) is 0 Å². The van der Waals surface area contributed by atoms with Crippen molar-refractivity contribution in [1.29, 1.82) is 0 Å². The Morgan fingerprint density at radius 2 is 0.686 bits per heavy atom. The van der Waals surface area contributed by atoms with Crippen LogP contribution in [0.25, 0.3) is 88.3 Å². The summed E-state index contributed by atoms with van der Waals surface area (Å²) in [5, 5.41) is 5.02. The third-order valence-corrected chi connectivity index (χ3v) is 10.7. The van der Waals surface area contributed by atoms with E-state index in [2.05, 4.69) is 194 Å². The summed E-state index contributed by atoms with van der Waals surface area (Å²) in [4.78, 5) is 0. The first-order valence-corrected chi connectivity index (χ1v) is 17.8. The van der Waals surface area contributed by atoms with Crippen molar-refractivity contribution in [1.82, 2.24) is 0 Å². The molecule has 0 unspecified atom stereocenters. The Hall–Kier alpha value is -6.50. The highest BCUT2D eigenvalue weighted by Crippen LogP contribution is 2.51. The molecule has 0 aromatic heterocycles. The Bertz CT molecular complexity index is 2700. The lowest BCUT2D eigenvalue weighted by atomic mass is 9.80. The molecule has 0 saturated heterocycles. The zero-order valence-corrected chi connectivity index (χ0v) is 28.2. The number of hydrogen-bond donors (Lipinski definition) is 0. The highest BCUT2D eigenvalue weighted by molar-refractivity contribution is 6.24. The first-order chi connectivity index (χ1) is 25.3. The summed E-state index contributed by atoms with van der Waals surface area (Å²) in [6, 6.07) is 71.5. The average Bonchev–Trinajstić information content (AvgIpc) is 3.58. The van der Waals surface area contributed by atoms with Crippen molar-refractivity contribution in [2.24, 2.45) is 0 Å². The van der Waals surface area contributed by atoms with Gasteiger partial charge in [0.05, 0.1) is 0 Å². The minimum Gasteiger partial charge on any atom is -0.0622 e. The second-order valence-corrected chi connectivity index (χ2v) is 13.6. The lowest BCUT2D eigenvalue weighted by Gasteiger charge is -2.23. The van der Waals surface area contributed by atoms with E-state index in [1.54, 1.807) is 0 Å². The van der Waals surface area contributed by atoms with Gasteiger partial charge in [-0.1, -0.05) is 188 Å². The molecule has 51 heavy (non-hydrogen) atoms. The zero-order valence-electron chi connectivity index (χ0n) is 28.2. The Labute approximate surface area is 298 Å². The van der Waals surface area contributed by atoms with Gasteiger partial charge in [0, 0.05) is 0 Å². The molecule has 0 aliphatic heterocycles. The fourth-order valence-electron chi connectivity index (χ4n) is 8.47. The maximum atomic E-state index is 2.43. The quantitative estimate of drug-likeness (QED) is 0.163. The maximum absolute atomic E-state index is 2.43. The van der Waals surface area contributed by atoms with Crippen LogP contribution in [0.3, 0.4) is 0 Å². The molecule has 0 spiro atoms. The smallest absolute Gasteiger partial charge is 0.00134 e. The summed E-state index contributed by atoms with van der Waals surface area (Å²) in [7, 11) is 0. The van der Waals surface area contributed by atoms with Gasteiger partial charge in [0.25, 0.3) is 0 Å². The summed E-state index contributed by atoms with van der Waals surface area (Å²) in [5.74, 6) is 0. The van der Waals surface area contributed by atoms with Gasteiger partial charge in [0.1, 0.15) is 0 Å². The van der Waals surface area contributed by atoms with Crippen molar-refractivity contribution < 1.29 is 0 Å². The molecule has 1 aliphatic rings. The highest BCUT2D eigenvalue weighted by atomic mass is 14.3. The average molecular weight is 647 g/mol. The molecular formula is C51H34. The van der Waals surface area contributed by atoms with Gasteiger partial charge in [-0.05, 0) is 112 Å². The number of rotatable bonds is 5. The molecule has 0 nitrogen and oxygen atoms in total. The number of hydrogen-bond acceptors (Lipinski definition) is 0. The van der Waals surface area contributed by atoms with E-state index in [0.29, 0.717) is 0 Å². The van der Waals surface area contributed by atoms with Gasteiger partial charge in [0.15, 0.2) is 0 Å². The standard InChI is InChI=1S/C51H34/c1-3-16-34(17-4-1)39-21-9-10-23-43(39)49-44-24-11-13-26-46(44)51(47-27-14-12-25-45(47)49)50-41(35-18-5-2-6-19-35)28-15-29-42(50)38-31-30-37-32-36-20-7-8-22-40(36)48(37)33-38/h1-31,33H,32H2. The number of benzene rings is 9. The molecule has 0 atom stereocenters. The molecule has 0 heteroatoms. The van der Waals surface area contributed by atoms with Crippen molar-refractivity contribution in [3.8, 4) is 66.8 Å². The maximum Gasteiger partial charge on any atom is -0.00134 e. The van der Waals surface area contributed by atoms with E-state index in [4.69, 9.17) is 0 Å². The van der Waals surface area contributed by atoms with Crippen molar-refractivity contribution in [2.75, 3.05) is 0 Å². The minimum atomic E-state index is 0.990. The first-order valence-electron chi connectivity index (χ1n) is 17.8. The molecule has 9 aromatic carbocycles. The van der Waals surface area contributed by atoms with Crippen molar-refractivity contribution in [2.45, 2.75) is 6.42 Å². The van der Waals surface area contributed by atoms with E-state index < -0.39 is 0 Å². The monoisotopic (exact) mass is 646 g/mol. The molecule has 0 heterocycles. The third kappa shape index (κ3) is 4.83. The van der Waals surface area contributed by atoms with Crippen LogP contribution in [0, 0.1) is 0 Å². The summed E-state index contributed by atoms with van der Waals surface area (Å²) >= 11 is 0. The van der Waals surface area contributed by atoms with E-state index in [1.165, 1.54) is 99.4 Å². The van der Waals surface area contributed by atoms with Crippen LogP contribution in [-0.4, -0.2) is 0 Å². The number of fused-ring (bicyclic) bond motifs is 5. The van der Waals surface area contributed by atoms with Gasteiger partial charge in [0.2, 0.25) is 0 Å². The topological polar surface area (TPSA) is 0 Å². The van der Waals surface area contributed by atoms with Gasteiger partial charge < -0.3 is 0 Å². The van der Waals surface area contributed by atoms with Crippen LogP contribution in [0.4, 0.5) is 0 Å². The Morgan fingerprint density at radius 1 is 0.235 bits per heavy atom. The summed E-state index contributed by atoms with van der Waals surface area (Å²) in [5.41, 5.74) is 18.0. The minimum absolute atomic E-state index is 0.990. The lowest BCUT2D eigenvalue weighted by molar-refractivity contribution is 1.26. The second-order valence-electron chi connectivity index (χ2n) is 13.6. The molecule has 0 N–H and O–H groups in total. The van der Waals surface area contributed by atoms with Crippen LogP contribution in [0.5, 0.6) is 0 Å². The molecule has 1 aliphatic carbocycles. The van der Waals surface area contributed by atoms with Gasteiger partial charge in [-0.25, -0.2) is 0 Å². The summed E-state index contributed by atoms with van der Waals surface area (Å²) < 4.78 is 0. The second kappa shape index (κ2) is 12.1. The van der Waals surface area contributed by atoms with Gasteiger partial charge >= 0.3 is 0 Å². The largest absolute Gasteiger partial charge is 0.0622 e. The molecule has 0 bridgehead atoms. The van der Waals surface area contributed by atoms with E-state index in [9.17, 15) is 0 Å². The normalized spacial score (nSPS) is 11.8. The molecule has 0 radical (unpaired) electrons. The van der Waals surface area contributed by atoms with Gasteiger partial charge in [-0.2, -0.15) is 0 Å². The van der Waals surface area contributed by atoms with E-state index in [0.717, 1.165) is 6.42 Å². The summed E-state index contributed by atoms with van der Waals surface area (Å²) in [6.45, 7) is 0. The Morgan fingerprint density at radius 3 is 1.33 bits per heavy atom. The van der Waals surface area contributed by atoms with Crippen LogP contribution in [-0.2, 0) is 6.42 Å². The summed E-state index contributed by atoms with van der Waals surface area (Å²) in [6.07, 6.45) is 0.990. The highest BCUT2D eigenvalue weighted by Gasteiger charge is 2.24. The van der Waals surface area contributed by atoms with Crippen molar-refractivity contribution >= 4 is 21.5 Å². The van der Waals surface area contributed by atoms with Gasteiger partial charge in [-0.15, -0.1) is 0 Å².